The molecule has 2 aliphatic rings. The second-order valence-electron chi connectivity index (χ2n) is 7.58. The van der Waals surface area contributed by atoms with Gasteiger partial charge in [0, 0.05) is 44.4 Å². The molecule has 2 aromatic heterocycles. The predicted molar refractivity (Wildman–Crippen MR) is 106 cm³/mol. The van der Waals surface area contributed by atoms with Gasteiger partial charge in [-0.25, -0.2) is 4.98 Å². The molecule has 1 spiro atoms. The van der Waals surface area contributed by atoms with Gasteiger partial charge < -0.3 is 14.8 Å². The quantitative estimate of drug-likeness (QED) is 0.742. The van der Waals surface area contributed by atoms with Crippen LogP contribution in [0.2, 0.25) is 0 Å². The Balaban J connectivity index is 1.66. The molecule has 29 heavy (non-hydrogen) atoms. The van der Waals surface area contributed by atoms with E-state index in [1.54, 1.807) is 28.0 Å². The number of hydrogen-bond acceptors (Lipinski definition) is 4. The van der Waals surface area contributed by atoms with Crippen LogP contribution in [-0.2, 0) is 23.8 Å². The van der Waals surface area contributed by atoms with Crippen molar-refractivity contribution >= 4 is 17.5 Å². The highest BCUT2D eigenvalue weighted by Gasteiger charge is 2.60. The minimum atomic E-state index is -0.862. The van der Waals surface area contributed by atoms with Crippen LogP contribution in [0.4, 0.5) is 5.69 Å². The Morgan fingerprint density at radius 2 is 2.10 bits per heavy atom. The summed E-state index contributed by atoms with van der Waals surface area (Å²) in [6.45, 7) is 3.12. The van der Waals surface area contributed by atoms with Crippen LogP contribution in [0.3, 0.4) is 0 Å². The topological polar surface area (TPSA) is 85.0 Å². The molecule has 5 rings (SSSR count). The van der Waals surface area contributed by atoms with Crippen LogP contribution in [0.15, 0.2) is 48.9 Å². The number of imidazole rings is 1. The minimum absolute atomic E-state index is 0.0823. The molecule has 8 nitrogen and oxygen atoms in total. The van der Waals surface area contributed by atoms with Gasteiger partial charge in [0.1, 0.15) is 23.0 Å². The minimum Gasteiger partial charge on any atom is -0.336 e. The fraction of sp³-hybridized carbons (Fsp3) is 0.333. The van der Waals surface area contributed by atoms with Crippen molar-refractivity contribution in [3.05, 3.63) is 66.0 Å². The molecular weight excluding hydrogens is 368 g/mol. The van der Waals surface area contributed by atoms with Crippen molar-refractivity contribution in [1.82, 2.24) is 24.2 Å². The number of anilines is 1. The maximum atomic E-state index is 13.4. The first-order valence-electron chi connectivity index (χ1n) is 9.79. The smallest absolute Gasteiger partial charge is 0.275 e. The Labute approximate surface area is 168 Å². The predicted octanol–water partition coefficient (Wildman–Crippen LogP) is 2.11. The highest BCUT2D eigenvalue weighted by Crippen LogP contribution is 2.54. The van der Waals surface area contributed by atoms with Gasteiger partial charge in [0.15, 0.2) is 0 Å². The molecule has 1 fully saturated rings. The SMILES string of the molecule is CCn1ccc(C(=O)N2CC[C@]3(C(=O)Nc4ccccc43)[C@@H]2c2nccn2C)n1. The molecule has 4 heterocycles. The van der Waals surface area contributed by atoms with Crippen molar-refractivity contribution in [1.29, 1.82) is 0 Å². The van der Waals surface area contributed by atoms with Crippen LogP contribution in [-0.4, -0.2) is 42.6 Å². The molecule has 0 saturated carbocycles. The lowest BCUT2D eigenvalue weighted by Crippen LogP contribution is -2.43. The van der Waals surface area contributed by atoms with Gasteiger partial charge in [0.25, 0.3) is 5.91 Å². The average Bonchev–Trinajstić information content (AvgIpc) is 3.49. The van der Waals surface area contributed by atoms with Crippen molar-refractivity contribution in [2.24, 2.45) is 7.05 Å². The highest BCUT2D eigenvalue weighted by molar-refractivity contribution is 6.08. The van der Waals surface area contributed by atoms with E-state index in [2.05, 4.69) is 15.4 Å². The molecule has 2 atom stereocenters. The summed E-state index contributed by atoms with van der Waals surface area (Å²) < 4.78 is 3.61. The molecule has 1 saturated heterocycles. The van der Waals surface area contributed by atoms with Gasteiger partial charge in [0.2, 0.25) is 5.91 Å². The zero-order chi connectivity index (χ0) is 20.2. The van der Waals surface area contributed by atoms with Crippen LogP contribution < -0.4 is 5.32 Å². The number of aryl methyl sites for hydroxylation is 2. The van der Waals surface area contributed by atoms with Crippen LogP contribution in [0.25, 0.3) is 0 Å². The molecule has 0 unspecified atom stereocenters. The Morgan fingerprint density at radius 1 is 1.28 bits per heavy atom. The first-order valence-corrected chi connectivity index (χ1v) is 9.79. The summed E-state index contributed by atoms with van der Waals surface area (Å²) >= 11 is 0. The van der Waals surface area contributed by atoms with E-state index in [0.717, 1.165) is 11.3 Å². The Bertz CT molecular complexity index is 1120. The van der Waals surface area contributed by atoms with Crippen molar-refractivity contribution in [3.63, 3.8) is 0 Å². The second-order valence-corrected chi connectivity index (χ2v) is 7.58. The average molecular weight is 390 g/mol. The number of fused-ring (bicyclic) bond motifs is 2. The first-order chi connectivity index (χ1) is 14.1. The number of carbonyl (C=O) groups is 2. The first kappa shape index (κ1) is 17.7. The van der Waals surface area contributed by atoms with Crippen LogP contribution in [0, 0.1) is 0 Å². The van der Waals surface area contributed by atoms with Gasteiger partial charge in [0.05, 0.1) is 0 Å². The number of aromatic nitrogens is 4. The lowest BCUT2D eigenvalue weighted by Gasteiger charge is -2.33. The fourth-order valence-electron chi connectivity index (χ4n) is 4.70. The summed E-state index contributed by atoms with van der Waals surface area (Å²) in [5.41, 5.74) is 1.25. The summed E-state index contributed by atoms with van der Waals surface area (Å²) in [4.78, 5) is 33.0. The number of carbonyl (C=O) groups excluding carboxylic acids is 2. The zero-order valence-electron chi connectivity index (χ0n) is 16.4. The molecule has 8 heteroatoms. The molecule has 1 N–H and O–H groups in total. The number of amides is 2. The molecule has 148 valence electrons. The van der Waals surface area contributed by atoms with E-state index in [1.807, 2.05) is 49.0 Å². The standard InChI is InChI=1S/C21H22N6O2/c1-3-26-11-8-16(24-26)19(28)27-12-9-21(17(27)18-22-10-13-25(18)2)14-6-4-5-7-15(14)23-20(21)29/h4-8,10-11,13,17H,3,9,12H2,1-2H3,(H,23,29)/t17-,21+/m0/s1. The molecule has 2 aliphatic heterocycles. The van der Waals surface area contributed by atoms with Crippen molar-refractivity contribution in [2.75, 3.05) is 11.9 Å². The van der Waals surface area contributed by atoms with E-state index >= 15 is 0 Å². The molecule has 0 bridgehead atoms. The summed E-state index contributed by atoms with van der Waals surface area (Å²) in [5.74, 6) is 0.429. The number of nitrogens with zero attached hydrogens (tertiary/aromatic N) is 5. The summed E-state index contributed by atoms with van der Waals surface area (Å²) in [6, 6.07) is 8.95. The lowest BCUT2D eigenvalue weighted by molar-refractivity contribution is -0.121. The van der Waals surface area contributed by atoms with Crippen LogP contribution in [0.1, 0.15) is 41.3 Å². The number of para-hydroxylation sites is 1. The largest absolute Gasteiger partial charge is 0.336 e. The van der Waals surface area contributed by atoms with E-state index in [-0.39, 0.29) is 11.8 Å². The summed E-state index contributed by atoms with van der Waals surface area (Å²) in [7, 11) is 1.89. The maximum absolute atomic E-state index is 13.4. The van der Waals surface area contributed by atoms with Crippen molar-refractivity contribution in [3.8, 4) is 0 Å². The van der Waals surface area contributed by atoms with Crippen LogP contribution >= 0.6 is 0 Å². The van der Waals surface area contributed by atoms with Crippen molar-refractivity contribution in [2.45, 2.75) is 31.3 Å². The Hall–Kier alpha value is -3.42. The number of likely N-dealkylation sites (tertiary alicyclic amines) is 1. The summed E-state index contributed by atoms with van der Waals surface area (Å²) in [5, 5.41) is 7.41. The van der Waals surface area contributed by atoms with Crippen molar-refractivity contribution < 1.29 is 9.59 Å². The van der Waals surface area contributed by atoms with Crippen LogP contribution in [0.5, 0.6) is 0 Å². The summed E-state index contributed by atoms with van der Waals surface area (Å²) in [6.07, 6.45) is 5.88. The molecule has 3 aromatic rings. The number of benzene rings is 1. The molecule has 0 aliphatic carbocycles. The number of nitrogens with one attached hydrogen (secondary N) is 1. The van der Waals surface area contributed by atoms with Gasteiger partial charge in [-0.2, -0.15) is 5.10 Å². The Morgan fingerprint density at radius 3 is 2.83 bits per heavy atom. The normalized spacial score (nSPS) is 22.9. The number of rotatable bonds is 3. The molecule has 1 aromatic carbocycles. The van der Waals surface area contributed by atoms with Gasteiger partial charge in [-0.15, -0.1) is 0 Å². The van der Waals surface area contributed by atoms with Gasteiger partial charge in [-0.05, 0) is 31.0 Å². The lowest BCUT2D eigenvalue weighted by atomic mass is 9.74. The van der Waals surface area contributed by atoms with E-state index in [4.69, 9.17) is 0 Å². The monoisotopic (exact) mass is 390 g/mol. The highest BCUT2D eigenvalue weighted by atomic mass is 16.2. The van der Waals surface area contributed by atoms with Gasteiger partial charge >= 0.3 is 0 Å². The zero-order valence-corrected chi connectivity index (χ0v) is 16.4. The van der Waals surface area contributed by atoms with E-state index < -0.39 is 11.5 Å². The Kier molecular flexibility index (Phi) is 3.84. The second kappa shape index (κ2) is 6.30. The van der Waals surface area contributed by atoms with E-state index in [9.17, 15) is 9.59 Å². The third kappa shape index (κ3) is 2.38. The van der Waals surface area contributed by atoms with E-state index in [0.29, 0.717) is 31.0 Å². The van der Waals surface area contributed by atoms with Gasteiger partial charge in [-0.3, -0.25) is 14.3 Å². The third-order valence-corrected chi connectivity index (χ3v) is 6.13. The molecule has 2 amide bonds. The third-order valence-electron chi connectivity index (χ3n) is 6.13. The molecular formula is C21H22N6O2. The number of hydrogen-bond donors (Lipinski definition) is 1. The van der Waals surface area contributed by atoms with E-state index in [1.165, 1.54) is 0 Å². The molecule has 0 radical (unpaired) electrons. The maximum Gasteiger partial charge on any atom is 0.275 e. The fourth-order valence-corrected chi connectivity index (χ4v) is 4.70. The van der Waals surface area contributed by atoms with Gasteiger partial charge in [-0.1, -0.05) is 18.2 Å².